The first kappa shape index (κ1) is 9.64. The predicted octanol–water partition coefficient (Wildman–Crippen LogP) is 2.75. The number of nitrogens with zero attached hydrogens (tertiary/aromatic N) is 1. The van der Waals surface area contributed by atoms with Gasteiger partial charge in [-0.15, -0.1) is 0 Å². The number of aryl methyl sites for hydroxylation is 1. The van der Waals surface area contributed by atoms with Crippen LogP contribution in [0.2, 0.25) is 0 Å². The van der Waals surface area contributed by atoms with Crippen molar-refractivity contribution in [3.8, 4) is 0 Å². The smallest absolute Gasteiger partial charge is 0.212 e. The lowest BCUT2D eigenvalue weighted by atomic mass is 10.1. The molecule has 0 saturated carbocycles. The minimum absolute atomic E-state index is 0.307. The van der Waals surface area contributed by atoms with E-state index in [0.29, 0.717) is 6.04 Å². The van der Waals surface area contributed by atoms with E-state index in [0.717, 1.165) is 18.9 Å². The number of hydrogen-bond acceptors (Lipinski definition) is 2. The fourth-order valence-corrected chi connectivity index (χ4v) is 2.24. The Bertz CT molecular complexity index is 499. The standard InChI is InChI=1S/C14H15NO/c1-9-3-4-11-6-13(7-12(11)5-9)14-15-10(2)8-16-14/h3-5,7,10H,6,8H2,1-2H3. The van der Waals surface area contributed by atoms with Crippen molar-refractivity contribution in [2.45, 2.75) is 26.3 Å². The molecule has 0 amide bonds. The van der Waals surface area contributed by atoms with Crippen LogP contribution in [0.15, 0.2) is 28.8 Å². The van der Waals surface area contributed by atoms with Gasteiger partial charge in [-0.3, -0.25) is 0 Å². The molecule has 0 spiro atoms. The number of ether oxygens (including phenoxy) is 1. The molecule has 1 atom stereocenters. The fourth-order valence-electron chi connectivity index (χ4n) is 2.24. The third kappa shape index (κ3) is 1.54. The van der Waals surface area contributed by atoms with Crippen LogP contribution in [0.1, 0.15) is 23.6 Å². The lowest BCUT2D eigenvalue weighted by Gasteiger charge is -2.01. The van der Waals surface area contributed by atoms with Crippen molar-refractivity contribution < 1.29 is 4.74 Å². The summed E-state index contributed by atoms with van der Waals surface area (Å²) in [5.74, 6) is 0.848. The van der Waals surface area contributed by atoms with Crippen LogP contribution in [0.3, 0.4) is 0 Å². The zero-order valence-electron chi connectivity index (χ0n) is 9.66. The maximum atomic E-state index is 5.59. The van der Waals surface area contributed by atoms with E-state index in [1.165, 1.54) is 22.3 Å². The Kier molecular flexibility index (Phi) is 2.10. The Balaban J connectivity index is 1.93. The summed E-state index contributed by atoms with van der Waals surface area (Å²) >= 11 is 0. The van der Waals surface area contributed by atoms with Crippen LogP contribution in [0.5, 0.6) is 0 Å². The van der Waals surface area contributed by atoms with Crippen LogP contribution in [0.25, 0.3) is 6.08 Å². The maximum Gasteiger partial charge on any atom is 0.212 e. The summed E-state index contributed by atoms with van der Waals surface area (Å²) in [7, 11) is 0. The third-order valence-corrected chi connectivity index (χ3v) is 3.09. The Morgan fingerprint density at radius 2 is 2.25 bits per heavy atom. The van der Waals surface area contributed by atoms with E-state index < -0.39 is 0 Å². The number of hydrogen-bond donors (Lipinski definition) is 0. The average Bonchev–Trinajstić information content (AvgIpc) is 2.83. The maximum absolute atomic E-state index is 5.59. The van der Waals surface area contributed by atoms with Gasteiger partial charge >= 0.3 is 0 Å². The van der Waals surface area contributed by atoms with Gasteiger partial charge in [0.15, 0.2) is 0 Å². The van der Waals surface area contributed by atoms with Gasteiger partial charge in [0.2, 0.25) is 5.90 Å². The van der Waals surface area contributed by atoms with Crippen LogP contribution in [-0.4, -0.2) is 18.5 Å². The van der Waals surface area contributed by atoms with Crippen LogP contribution >= 0.6 is 0 Å². The van der Waals surface area contributed by atoms with Gasteiger partial charge < -0.3 is 4.74 Å². The molecule has 0 N–H and O–H groups in total. The van der Waals surface area contributed by atoms with Gasteiger partial charge in [0.25, 0.3) is 0 Å². The number of rotatable bonds is 1. The topological polar surface area (TPSA) is 21.6 Å². The summed E-state index contributed by atoms with van der Waals surface area (Å²) < 4.78 is 5.59. The Hall–Kier alpha value is -1.57. The second-order valence-electron chi connectivity index (χ2n) is 4.64. The van der Waals surface area contributed by atoms with Crippen molar-refractivity contribution >= 4 is 12.0 Å². The van der Waals surface area contributed by atoms with Gasteiger partial charge in [-0.2, -0.15) is 0 Å². The Morgan fingerprint density at radius 1 is 1.38 bits per heavy atom. The molecule has 3 rings (SSSR count). The Morgan fingerprint density at radius 3 is 3.00 bits per heavy atom. The highest BCUT2D eigenvalue weighted by atomic mass is 16.5. The van der Waals surface area contributed by atoms with E-state index in [2.05, 4.69) is 43.1 Å². The molecule has 2 nitrogen and oxygen atoms in total. The minimum atomic E-state index is 0.307. The van der Waals surface area contributed by atoms with E-state index in [9.17, 15) is 0 Å². The van der Waals surface area contributed by atoms with Crippen molar-refractivity contribution in [3.63, 3.8) is 0 Å². The molecular formula is C14H15NO. The molecule has 1 aliphatic heterocycles. The van der Waals surface area contributed by atoms with E-state index in [1.807, 2.05) is 0 Å². The van der Waals surface area contributed by atoms with Gasteiger partial charge in [0.1, 0.15) is 6.61 Å². The van der Waals surface area contributed by atoms with E-state index in [-0.39, 0.29) is 0 Å². The first-order valence-electron chi connectivity index (χ1n) is 5.73. The van der Waals surface area contributed by atoms with Crippen LogP contribution in [0, 0.1) is 6.92 Å². The van der Waals surface area contributed by atoms with E-state index in [1.54, 1.807) is 0 Å². The Labute approximate surface area is 95.7 Å². The average molecular weight is 213 g/mol. The first-order valence-corrected chi connectivity index (χ1v) is 5.73. The molecule has 1 aliphatic carbocycles. The molecule has 0 aromatic heterocycles. The summed E-state index contributed by atoms with van der Waals surface area (Å²) in [4.78, 5) is 4.50. The molecule has 0 bridgehead atoms. The molecule has 2 heteroatoms. The van der Waals surface area contributed by atoms with Crippen LogP contribution < -0.4 is 0 Å². The van der Waals surface area contributed by atoms with E-state index in [4.69, 9.17) is 4.74 Å². The molecule has 1 aromatic rings. The highest BCUT2D eigenvalue weighted by molar-refractivity contribution is 6.01. The van der Waals surface area contributed by atoms with Crippen molar-refractivity contribution in [3.05, 3.63) is 40.5 Å². The normalized spacial score (nSPS) is 22.5. The van der Waals surface area contributed by atoms with Gasteiger partial charge in [-0.1, -0.05) is 23.8 Å². The SMILES string of the molecule is Cc1ccc2c(c1)C=C(C1=NC(C)CO1)C2. The zero-order valence-corrected chi connectivity index (χ0v) is 9.66. The molecule has 1 heterocycles. The number of aliphatic imine (C=N–C) groups is 1. The highest BCUT2D eigenvalue weighted by Crippen LogP contribution is 2.28. The van der Waals surface area contributed by atoms with Crippen molar-refractivity contribution in [2.24, 2.45) is 4.99 Å². The van der Waals surface area contributed by atoms with Crippen molar-refractivity contribution in [2.75, 3.05) is 6.61 Å². The lowest BCUT2D eigenvalue weighted by Crippen LogP contribution is -2.03. The van der Waals surface area contributed by atoms with Gasteiger partial charge in [-0.05, 0) is 31.1 Å². The first-order chi connectivity index (χ1) is 7.72. The largest absolute Gasteiger partial charge is 0.475 e. The van der Waals surface area contributed by atoms with Crippen molar-refractivity contribution in [1.29, 1.82) is 0 Å². The van der Waals surface area contributed by atoms with Crippen LogP contribution in [0.4, 0.5) is 0 Å². The summed E-state index contributed by atoms with van der Waals surface area (Å²) in [5.41, 5.74) is 5.23. The van der Waals surface area contributed by atoms with E-state index >= 15 is 0 Å². The summed E-state index contributed by atoms with van der Waals surface area (Å²) in [6, 6.07) is 6.89. The molecule has 0 saturated heterocycles. The molecule has 0 fully saturated rings. The molecule has 16 heavy (non-hydrogen) atoms. The quantitative estimate of drug-likeness (QED) is 0.703. The molecule has 1 unspecified atom stereocenters. The second kappa shape index (κ2) is 3.48. The molecule has 82 valence electrons. The van der Waals surface area contributed by atoms with Gasteiger partial charge in [0, 0.05) is 12.0 Å². The third-order valence-electron chi connectivity index (χ3n) is 3.09. The van der Waals surface area contributed by atoms with Crippen LogP contribution in [-0.2, 0) is 11.2 Å². The predicted molar refractivity (Wildman–Crippen MR) is 65.7 cm³/mol. The van der Waals surface area contributed by atoms with Gasteiger partial charge in [0.05, 0.1) is 6.04 Å². The minimum Gasteiger partial charge on any atom is -0.475 e. The summed E-state index contributed by atoms with van der Waals surface area (Å²) in [6.07, 6.45) is 3.17. The number of fused-ring (bicyclic) bond motifs is 1. The second-order valence-corrected chi connectivity index (χ2v) is 4.64. The highest BCUT2D eigenvalue weighted by Gasteiger charge is 2.22. The number of benzene rings is 1. The fraction of sp³-hybridized carbons (Fsp3) is 0.357. The lowest BCUT2D eigenvalue weighted by molar-refractivity contribution is 0.323. The summed E-state index contributed by atoms with van der Waals surface area (Å²) in [6.45, 7) is 4.93. The molecule has 0 radical (unpaired) electrons. The molecular weight excluding hydrogens is 198 g/mol. The molecule has 1 aromatic carbocycles. The van der Waals surface area contributed by atoms with Gasteiger partial charge in [-0.25, -0.2) is 4.99 Å². The zero-order chi connectivity index (χ0) is 11.1. The monoisotopic (exact) mass is 213 g/mol. The summed E-state index contributed by atoms with van der Waals surface area (Å²) in [5, 5.41) is 0. The molecule has 2 aliphatic rings. The van der Waals surface area contributed by atoms with Crippen molar-refractivity contribution in [1.82, 2.24) is 0 Å².